The number of rotatable bonds is 20. The standard InChI is InChI=1S/C17H18O4.C17H18O3.C16H16O3.C14H12O4.2C14H12O3/c1-19-15-10-13(11-16(20-2)17(15)21-3)5-4-12-6-8-14(18)9-7-12;1-18-15-8-6-13(7-9-15)4-5-14-10-16(19-2)12-17(11-14)20-3;1-18-15-9-13(10-16(11-15)19-2)4-3-12-5-7-14(17)8-6-12;15-11-5-3-9(4-6-11)1-2-10-7-12(16)14(18)13(17)8-10;2*15-12-5-3-10(4-6-12)1-2-11-7-13(16)9-14(17)8-11/h4-11,18H,1-3H3;4-12H,1-3H3;3-11,17H,1-2H3;1-8,15-18H;2*1-9,15-17H/b2*5-4+;4-3+;2*2-1+;2-1-. The summed E-state index contributed by atoms with van der Waals surface area (Å²) in [6.45, 7) is 0. The lowest BCUT2D eigenvalue weighted by Crippen LogP contribution is -1.95. The Morgan fingerprint density at radius 1 is 0.170 bits per heavy atom. The van der Waals surface area contributed by atoms with Gasteiger partial charge < -0.3 is 99.2 Å². The molecule has 0 spiro atoms. The van der Waals surface area contributed by atoms with E-state index in [2.05, 4.69) is 0 Å². The fourth-order valence-corrected chi connectivity index (χ4v) is 10.00. The van der Waals surface area contributed by atoms with Crippen molar-refractivity contribution in [3.8, 4) is 115 Å². The Bertz CT molecular complexity index is 4890. The maximum Gasteiger partial charge on any atom is 0.203 e. The summed E-state index contributed by atoms with van der Waals surface area (Å²) >= 11 is 0. The van der Waals surface area contributed by atoms with Crippen molar-refractivity contribution in [3.63, 3.8) is 0 Å². The molecule has 0 aromatic heterocycles. The Labute approximate surface area is 650 Å². The summed E-state index contributed by atoms with van der Waals surface area (Å²) in [6, 6.07) is 68.6. The van der Waals surface area contributed by atoms with Crippen LogP contribution < -0.4 is 37.9 Å². The first-order valence-electron chi connectivity index (χ1n) is 34.2. The van der Waals surface area contributed by atoms with Gasteiger partial charge in [-0.1, -0.05) is 146 Å². The molecule has 12 aromatic rings. The van der Waals surface area contributed by atoms with Crippen LogP contribution in [0.15, 0.2) is 243 Å². The van der Waals surface area contributed by atoms with Crippen LogP contribution >= 0.6 is 0 Å². The van der Waals surface area contributed by atoms with Crippen LogP contribution in [0.25, 0.3) is 72.9 Å². The van der Waals surface area contributed by atoms with Crippen molar-refractivity contribution in [2.75, 3.05) is 56.9 Å². The number of ether oxygens (including phenoxy) is 8. The molecule has 12 aromatic carbocycles. The molecule has 0 bridgehead atoms. The summed E-state index contributed by atoms with van der Waals surface area (Å²) < 4.78 is 42.0. The Morgan fingerprint density at radius 3 is 0.598 bits per heavy atom. The SMILES string of the molecule is COc1cc(/C=C/c2ccc(O)cc2)cc(OC)c1.COc1cc(/C=C/c2ccc(O)cc2)cc(OC)c1OC.COc1ccc(/C=C/c2cc(OC)cc(OC)c2)cc1.Oc1ccc(/C=C/c2cc(O)c(O)c(O)c2)cc1.Oc1ccc(/C=C/c2cc(O)cc(O)c2)cc1.Oc1ccc(/C=C\c2cc(O)cc(O)c2)cc1. The van der Waals surface area contributed by atoms with Crippen molar-refractivity contribution in [2.24, 2.45) is 0 Å². The second-order valence-corrected chi connectivity index (χ2v) is 24.0. The van der Waals surface area contributed by atoms with E-state index in [-0.39, 0.29) is 63.2 Å². The number of phenolic OH excluding ortho intramolecular Hbond substituents is 12. The molecule has 0 heterocycles. The maximum atomic E-state index is 9.34. The average Bonchev–Trinajstić information content (AvgIpc) is 0.825. The predicted octanol–water partition coefficient (Wildman–Crippen LogP) is 19.7. The third-order valence-electron chi connectivity index (χ3n) is 15.8. The van der Waals surface area contributed by atoms with Gasteiger partial charge >= 0.3 is 0 Å². The largest absolute Gasteiger partial charge is 0.508 e. The summed E-state index contributed by atoms with van der Waals surface area (Å²) in [5.41, 5.74) is 10.7. The molecular formula is C92H88O20. The summed E-state index contributed by atoms with van der Waals surface area (Å²) in [5.74, 6) is 5.67. The van der Waals surface area contributed by atoms with E-state index < -0.39 is 5.75 Å². The molecule has 0 aliphatic heterocycles. The van der Waals surface area contributed by atoms with E-state index >= 15 is 0 Å². The molecule has 576 valence electrons. The molecule has 20 nitrogen and oxygen atoms in total. The highest BCUT2D eigenvalue weighted by molar-refractivity contribution is 5.77. The molecule has 20 heteroatoms. The Balaban J connectivity index is 0.000000187. The zero-order valence-corrected chi connectivity index (χ0v) is 62.7. The molecular weight excluding hydrogens is 1420 g/mol. The van der Waals surface area contributed by atoms with Gasteiger partial charge in [-0.15, -0.1) is 0 Å². The van der Waals surface area contributed by atoms with Crippen molar-refractivity contribution in [3.05, 3.63) is 309 Å². The van der Waals surface area contributed by atoms with Crippen molar-refractivity contribution in [1.29, 1.82) is 0 Å². The fourth-order valence-electron chi connectivity index (χ4n) is 10.00. The molecule has 0 aliphatic rings. The molecule has 112 heavy (non-hydrogen) atoms. The highest BCUT2D eigenvalue weighted by Crippen LogP contribution is 2.40. The average molecular weight is 1510 g/mol. The molecule has 0 saturated carbocycles. The molecule has 0 saturated heterocycles. The summed E-state index contributed by atoms with van der Waals surface area (Å²) in [5, 5.41) is 111. The van der Waals surface area contributed by atoms with Gasteiger partial charge in [0.15, 0.2) is 28.7 Å². The first-order chi connectivity index (χ1) is 53.9. The Hall–Kier alpha value is -14.9. The zero-order chi connectivity index (χ0) is 80.9. The molecule has 0 fully saturated rings. The monoisotopic (exact) mass is 1510 g/mol. The van der Waals surface area contributed by atoms with Gasteiger partial charge in [0, 0.05) is 24.3 Å². The smallest absolute Gasteiger partial charge is 0.203 e. The van der Waals surface area contributed by atoms with E-state index in [9.17, 15) is 46.0 Å². The zero-order valence-electron chi connectivity index (χ0n) is 62.7. The van der Waals surface area contributed by atoms with Crippen LogP contribution in [0.2, 0.25) is 0 Å². The van der Waals surface area contributed by atoms with Crippen LogP contribution in [0.5, 0.6) is 115 Å². The minimum absolute atomic E-state index is 0.0235. The normalized spacial score (nSPS) is 10.7. The number of phenols is 12. The van der Waals surface area contributed by atoms with Gasteiger partial charge in [0.1, 0.15) is 80.5 Å². The number of hydrogen-bond acceptors (Lipinski definition) is 20. The second-order valence-electron chi connectivity index (χ2n) is 24.0. The van der Waals surface area contributed by atoms with E-state index in [1.54, 1.807) is 203 Å². The first kappa shape index (κ1) is 84.3. The topological polar surface area (TPSA) is 317 Å². The van der Waals surface area contributed by atoms with E-state index in [4.69, 9.17) is 53.2 Å². The molecule has 0 aliphatic carbocycles. The lowest BCUT2D eigenvalue weighted by atomic mass is 10.1. The molecule has 0 radical (unpaired) electrons. The van der Waals surface area contributed by atoms with Crippen LogP contribution in [0.1, 0.15) is 66.8 Å². The van der Waals surface area contributed by atoms with Crippen LogP contribution in [-0.4, -0.2) is 118 Å². The van der Waals surface area contributed by atoms with Gasteiger partial charge in [-0.25, -0.2) is 0 Å². The molecule has 0 atom stereocenters. The fraction of sp³-hybridized carbons (Fsp3) is 0.0870. The van der Waals surface area contributed by atoms with Crippen molar-refractivity contribution in [1.82, 2.24) is 0 Å². The van der Waals surface area contributed by atoms with E-state index in [0.29, 0.717) is 33.9 Å². The van der Waals surface area contributed by atoms with Crippen molar-refractivity contribution >= 4 is 72.9 Å². The third-order valence-corrected chi connectivity index (χ3v) is 15.8. The Kier molecular flexibility index (Phi) is 32.9. The van der Waals surface area contributed by atoms with Crippen LogP contribution in [0, 0.1) is 0 Å². The lowest BCUT2D eigenvalue weighted by Gasteiger charge is -2.12. The van der Waals surface area contributed by atoms with Gasteiger partial charge in [-0.2, -0.15) is 0 Å². The number of methoxy groups -OCH3 is 8. The van der Waals surface area contributed by atoms with Gasteiger partial charge in [0.05, 0.1) is 56.9 Å². The number of benzene rings is 12. The number of aromatic hydroxyl groups is 12. The molecule has 0 unspecified atom stereocenters. The summed E-state index contributed by atoms with van der Waals surface area (Å²) in [6.07, 6.45) is 22.5. The highest BCUT2D eigenvalue weighted by Gasteiger charge is 2.13. The minimum atomic E-state index is -0.531. The van der Waals surface area contributed by atoms with Gasteiger partial charge in [0.2, 0.25) is 5.75 Å². The third kappa shape index (κ3) is 28.8. The summed E-state index contributed by atoms with van der Waals surface area (Å²) in [7, 11) is 13.0. The first-order valence-corrected chi connectivity index (χ1v) is 34.2. The van der Waals surface area contributed by atoms with Crippen molar-refractivity contribution < 1.29 is 99.2 Å². The van der Waals surface area contributed by atoms with E-state index in [0.717, 1.165) is 78.8 Å². The van der Waals surface area contributed by atoms with E-state index in [1.807, 2.05) is 146 Å². The van der Waals surface area contributed by atoms with Crippen LogP contribution in [0.4, 0.5) is 0 Å². The maximum absolute atomic E-state index is 9.34. The Morgan fingerprint density at radius 2 is 0.375 bits per heavy atom. The summed E-state index contributed by atoms with van der Waals surface area (Å²) in [4.78, 5) is 0. The van der Waals surface area contributed by atoms with E-state index in [1.165, 1.54) is 24.3 Å². The van der Waals surface area contributed by atoms with Crippen molar-refractivity contribution in [2.45, 2.75) is 0 Å². The van der Waals surface area contributed by atoms with Crippen LogP contribution in [0.3, 0.4) is 0 Å². The van der Waals surface area contributed by atoms with Gasteiger partial charge in [-0.05, 0) is 212 Å². The lowest BCUT2D eigenvalue weighted by molar-refractivity contribution is 0.324. The molecule has 12 N–H and O–H groups in total. The molecule has 12 rings (SSSR count). The van der Waals surface area contributed by atoms with Gasteiger partial charge in [0.25, 0.3) is 0 Å². The predicted molar refractivity (Wildman–Crippen MR) is 443 cm³/mol. The minimum Gasteiger partial charge on any atom is -0.508 e. The highest BCUT2D eigenvalue weighted by atomic mass is 16.5. The number of hydrogen-bond donors (Lipinski definition) is 12. The quantitative estimate of drug-likeness (QED) is 0.0249. The van der Waals surface area contributed by atoms with Gasteiger partial charge in [-0.3, -0.25) is 0 Å². The second kappa shape index (κ2) is 43.6. The van der Waals surface area contributed by atoms with Crippen LogP contribution in [-0.2, 0) is 0 Å². The molecule has 0 amide bonds.